The molecule has 1 fully saturated rings. The summed E-state index contributed by atoms with van der Waals surface area (Å²) in [6.07, 6.45) is 2.32. The molecule has 0 spiro atoms. The van der Waals surface area contributed by atoms with Gasteiger partial charge in [-0.05, 0) is 18.9 Å². The van der Waals surface area contributed by atoms with Gasteiger partial charge in [0, 0.05) is 45.8 Å². The van der Waals surface area contributed by atoms with Gasteiger partial charge in [0.1, 0.15) is 11.6 Å². The second-order valence-corrected chi connectivity index (χ2v) is 6.16. The lowest BCUT2D eigenvalue weighted by Gasteiger charge is -2.34. The molecule has 1 heterocycles. The van der Waals surface area contributed by atoms with Crippen molar-refractivity contribution < 1.29 is 9.59 Å². The molecule has 0 bridgehead atoms. The van der Waals surface area contributed by atoms with E-state index in [9.17, 15) is 14.9 Å². The number of nitriles is 1. The smallest absolute Gasteiger partial charge is 0.266 e. The van der Waals surface area contributed by atoms with Crippen LogP contribution in [-0.2, 0) is 16.0 Å². The first kappa shape index (κ1) is 18.5. The van der Waals surface area contributed by atoms with E-state index in [1.807, 2.05) is 12.1 Å². The predicted octanol–water partition coefficient (Wildman–Crippen LogP) is 1.23. The van der Waals surface area contributed by atoms with Crippen LogP contribution >= 0.6 is 0 Å². The highest BCUT2D eigenvalue weighted by atomic mass is 16.2. The monoisotopic (exact) mass is 340 g/mol. The van der Waals surface area contributed by atoms with Crippen molar-refractivity contribution in [1.29, 1.82) is 5.26 Å². The molecule has 0 saturated carbocycles. The number of amides is 2. The van der Waals surface area contributed by atoms with Gasteiger partial charge < -0.3 is 15.1 Å². The summed E-state index contributed by atoms with van der Waals surface area (Å²) in [4.78, 5) is 27.1. The van der Waals surface area contributed by atoms with Crippen LogP contribution in [0.2, 0.25) is 0 Å². The largest absolute Gasteiger partial charge is 0.389 e. The molecule has 2 amide bonds. The molecule has 6 heteroatoms. The average Bonchev–Trinajstić information content (AvgIpc) is 2.61. The molecule has 1 saturated heterocycles. The quantitative estimate of drug-likeness (QED) is 0.497. The summed E-state index contributed by atoms with van der Waals surface area (Å²) >= 11 is 0. The van der Waals surface area contributed by atoms with Crippen molar-refractivity contribution in [3.63, 3.8) is 0 Å². The molecule has 1 aliphatic heterocycles. The van der Waals surface area contributed by atoms with E-state index in [-0.39, 0.29) is 17.4 Å². The zero-order valence-electron chi connectivity index (χ0n) is 14.8. The van der Waals surface area contributed by atoms with Gasteiger partial charge in [0.05, 0.1) is 0 Å². The third kappa shape index (κ3) is 5.35. The summed E-state index contributed by atoms with van der Waals surface area (Å²) in [7, 11) is 0. The first-order valence-corrected chi connectivity index (χ1v) is 8.45. The Morgan fingerprint density at radius 1 is 1.24 bits per heavy atom. The van der Waals surface area contributed by atoms with Crippen LogP contribution in [-0.4, -0.2) is 54.3 Å². The lowest BCUT2D eigenvalue weighted by molar-refractivity contribution is -0.136. The molecule has 0 unspecified atom stereocenters. The Bertz CT molecular complexity index is 698. The van der Waals surface area contributed by atoms with Crippen molar-refractivity contribution in [3.8, 4) is 6.07 Å². The van der Waals surface area contributed by atoms with Crippen LogP contribution in [0.5, 0.6) is 0 Å². The van der Waals surface area contributed by atoms with E-state index in [1.165, 1.54) is 24.3 Å². The molecule has 132 valence electrons. The number of benzene rings is 1. The minimum atomic E-state index is -0.284. The van der Waals surface area contributed by atoms with E-state index in [0.717, 1.165) is 6.42 Å². The molecule has 0 radical (unpaired) electrons. The summed E-state index contributed by atoms with van der Waals surface area (Å²) < 4.78 is 0. The lowest BCUT2D eigenvalue weighted by Crippen LogP contribution is -2.50. The Labute approximate surface area is 148 Å². The van der Waals surface area contributed by atoms with Gasteiger partial charge in [0.15, 0.2) is 0 Å². The van der Waals surface area contributed by atoms with Crippen molar-refractivity contribution >= 4 is 11.8 Å². The SMILES string of the molecule is CC(=O)N1CCN(C(=O)/C(C#N)=C\NCCc2cccc(C)c2)CC1. The number of nitrogens with zero attached hydrogens (tertiary/aromatic N) is 3. The van der Waals surface area contributed by atoms with Crippen molar-refractivity contribution in [1.82, 2.24) is 15.1 Å². The van der Waals surface area contributed by atoms with Gasteiger partial charge in [0.2, 0.25) is 5.91 Å². The van der Waals surface area contributed by atoms with Gasteiger partial charge in [-0.2, -0.15) is 5.26 Å². The fraction of sp³-hybridized carbons (Fsp3) is 0.421. The van der Waals surface area contributed by atoms with E-state index < -0.39 is 0 Å². The minimum Gasteiger partial charge on any atom is -0.389 e. The van der Waals surface area contributed by atoms with E-state index >= 15 is 0 Å². The normalized spacial score (nSPS) is 14.8. The fourth-order valence-electron chi connectivity index (χ4n) is 2.80. The van der Waals surface area contributed by atoms with E-state index in [2.05, 4.69) is 30.4 Å². The number of carbonyl (C=O) groups excluding carboxylic acids is 2. The van der Waals surface area contributed by atoms with Crippen LogP contribution in [0.25, 0.3) is 0 Å². The Morgan fingerprint density at radius 3 is 2.52 bits per heavy atom. The van der Waals surface area contributed by atoms with Crippen LogP contribution < -0.4 is 5.32 Å². The third-order valence-corrected chi connectivity index (χ3v) is 4.25. The van der Waals surface area contributed by atoms with E-state index in [1.54, 1.807) is 9.80 Å². The summed E-state index contributed by atoms with van der Waals surface area (Å²) in [6.45, 7) is 6.17. The maximum Gasteiger partial charge on any atom is 0.266 e. The maximum atomic E-state index is 12.4. The maximum absolute atomic E-state index is 12.4. The zero-order chi connectivity index (χ0) is 18.2. The van der Waals surface area contributed by atoms with E-state index in [0.29, 0.717) is 32.7 Å². The highest BCUT2D eigenvalue weighted by molar-refractivity contribution is 5.97. The second-order valence-electron chi connectivity index (χ2n) is 6.16. The Morgan fingerprint density at radius 2 is 1.92 bits per heavy atom. The standard InChI is InChI=1S/C19H24N4O2/c1-15-4-3-5-17(12-15)6-7-21-14-18(13-20)19(25)23-10-8-22(9-11-23)16(2)24/h3-5,12,14,21H,6-11H2,1-2H3/b18-14-. The Kier molecular flexibility index (Phi) is 6.58. The zero-order valence-corrected chi connectivity index (χ0v) is 14.8. The van der Waals surface area contributed by atoms with Gasteiger partial charge in [0.25, 0.3) is 5.91 Å². The third-order valence-electron chi connectivity index (χ3n) is 4.25. The van der Waals surface area contributed by atoms with Crippen molar-refractivity contribution in [2.45, 2.75) is 20.3 Å². The molecule has 1 N–H and O–H groups in total. The predicted molar refractivity (Wildman–Crippen MR) is 95.4 cm³/mol. The molecule has 6 nitrogen and oxygen atoms in total. The minimum absolute atomic E-state index is 0.0148. The molecule has 0 aromatic heterocycles. The molecule has 0 aliphatic carbocycles. The van der Waals surface area contributed by atoms with Crippen molar-refractivity contribution in [2.75, 3.05) is 32.7 Å². The van der Waals surface area contributed by atoms with Crippen LogP contribution in [0.3, 0.4) is 0 Å². The summed E-state index contributed by atoms with van der Waals surface area (Å²) in [5, 5.41) is 12.3. The molecule has 25 heavy (non-hydrogen) atoms. The molecular formula is C19H24N4O2. The topological polar surface area (TPSA) is 76.4 Å². The van der Waals surface area contributed by atoms with Gasteiger partial charge in [-0.1, -0.05) is 29.8 Å². The number of rotatable bonds is 5. The number of hydrogen-bond acceptors (Lipinski definition) is 4. The number of carbonyl (C=O) groups is 2. The highest BCUT2D eigenvalue weighted by Gasteiger charge is 2.24. The van der Waals surface area contributed by atoms with Crippen molar-refractivity contribution in [2.24, 2.45) is 0 Å². The van der Waals surface area contributed by atoms with Crippen LogP contribution in [0, 0.1) is 18.3 Å². The average molecular weight is 340 g/mol. The van der Waals surface area contributed by atoms with Gasteiger partial charge >= 0.3 is 0 Å². The summed E-state index contributed by atoms with van der Waals surface area (Å²) in [5.41, 5.74) is 2.53. The highest BCUT2D eigenvalue weighted by Crippen LogP contribution is 2.07. The number of piperazine rings is 1. The van der Waals surface area contributed by atoms with E-state index in [4.69, 9.17) is 0 Å². The number of nitrogens with one attached hydrogen (secondary N) is 1. The summed E-state index contributed by atoms with van der Waals surface area (Å²) in [6, 6.07) is 10.2. The van der Waals surface area contributed by atoms with Gasteiger partial charge in [-0.15, -0.1) is 0 Å². The lowest BCUT2D eigenvalue weighted by atomic mass is 10.1. The van der Waals surface area contributed by atoms with Crippen LogP contribution in [0.4, 0.5) is 0 Å². The number of hydrogen-bond donors (Lipinski definition) is 1. The fourth-order valence-corrected chi connectivity index (χ4v) is 2.80. The van der Waals surface area contributed by atoms with Crippen LogP contribution in [0.15, 0.2) is 36.0 Å². The first-order valence-electron chi connectivity index (χ1n) is 8.45. The molecule has 2 rings (SSSR count). The molecule has 0 atom stereocenters. The van der Waals surface area contributed by atoms with Crippen LogP contribution in [0.1, 0.15) is 18.1 Å². The van der Waals surface area contributed by atoms with Gasteiger partial charge in [-0.25, -0.2) is 0 Å². The molecule has 1 aliphatic rings. The van der Waals surface area contributed by atoms with Gasteiger partial charge in [-0.3, -0.25) is 9.59 Å². The molecular weight excluding hydrogens is 316 g/mol. The Hall–Kier alpha value is -2.81. The van der Waals surface area contributed by atoms with Crippen molar-refractivity contribution in [3.05, 3.63) is 47.2 Å². The summed E-state index contributed by atoms with van der Waals surface area (Å²) in [5.74, 6) is -0.269. The molecule has 1 aromatic rings. The molecule has 1 aromatic carbocycles. The number of aryl methyl sites for hydroxylation is 1. The second kappa shape index (κ2) is 8.88. The Balaban J connectivity index is 1.84. The first-order chi connectivity index (χ1) is 12.0.